The van der Waals surface area contributed by atoms with Gasteiger partial charge in [-0.1, -0.05) is 32.3 Å². The number of benzene rings is 1. The summed E-state index contributed by atoms with van der Waals surface area (Å²) in [5.74, 6) is 2.49. The highest BCUT2D eigenvalue weighted by Gasteiger charge is 2.17. The van der Waals surface area contributed by atoms with Crippen LogP contribution in [0.3, 0.4) is 0 Å². The van der Waals surface area contributed by atoms with Crippen molar-refractivity contribution < 1.29 is 4.74 Å². The molecule has 0 saturated heterocycles. The average molecular weight is 309 g/mol. The smallest absolute Gasteiger partial charge is 0.146 e. The third kappa shape index (κ3) is 3.52. The molecule has 0 aliphatic heterocycles. The van der Waals surface area contributed by atoms with E-state index >= 15 is 0 Å². The van der Waals surface area contributed by atoms with Crippen LogP contribution in [-0.2, 0) is 6.42 Å². The number of para-hydroxylation sites is 1. The van der Waals surface area contributed by atoms with Gasteiger partial charge in [0.15, 0.2) is 0 Å². The number of imidazole rings is 1. The number of hydrogen-bond acceptors (Lipinski definition) is 2. The van der Waals surface area contributed by atoms with Crippen LogP contribution >= 0.6 is 11.6 Å². The van der Waals surface area contributed by atoms with Crippen LogP contribution in [0.25, 0.3) is 11.0 Å². The minimum absolute atomic E-state index is 0.437. The second kappa shape index (κ2) is 7.69. The number of aromatic nitrogens is 2. The Bertz CT molecular complexity index is 579. The van der Waals surface area contributed by atoms with Crippen LogP contribution in [0.4, 0.5) is 0 Å². The molecule has 3 nitrogen and oxygen atoms in total. The minimum Gasteiger partial charge on any atom is -0.494 e. The van der Waals surface area contributed by atoms with E-state index in [0.29, 0.717) is 11.9 Å². The van der Waals surface area contributed by atoms with Crippen molar-refractivity contribution in [3.8, 4) is 5.75 Å². The Morgan fingerprint density at radius 3 is 2.81 bits per heavy atom. The molecule has 0 N–H and O–H groups in total. The summed E-state index contributed by atoms with van der Waals surface area (Å²) in [6.45, 7) is 4.51. The Morgan fingerprint density at radius 2 is 2.14 bits per heavy atom. The highest BCUT2D eigenvalue weighted by Crippen LogP contribution is 2.30. The molecule has 1 aromatic heterocycles. The molecule has 1 aromatic carbocycles. The Labute approximate surface area is 132 Å². The molecule has 0 fully saturated rings. The molecule has 1 unspecified atom stereocenters. The van der Waals surface area contributed by atoms with Crippen molar-refractivity contribution >= 4 is 22.6 Å². The number of fused-ring (bicyclic) bond motifs is 1. The zero-order valence-electron chi connectivity index (χ0n) is 13.2. The molecule has 4 heteroatoms. The van der Waals surface area contributed by atoms with E-state index in [1.165, 1.54) is 25.7 Å². The monoisotopic (exact) mass is 308 g/mol. The van der Waals surface area contributed by atoms with E-state index in [2.05, 4.69) is 24.5 Å². The lowest BCUT2D eigenvalue weighted by Gasteiger charge is -2.17. The van der Waals surface area contributed by atoms with E-state index in [4.69, 9.17) is 21.3 Å². The van der Waals surface area contributed by atoms with Crippen LogP contribution in [0.15, 0.2) is 18.2 Å². The van der Waals surface area contributed by atoms with Crippen molar-refractivity contribution in [1.29, 1.82) is 0 Å². The topological polar surface area (TPSA) is 27.1 Å². The Kier molecular flexibility index (Phi) is 5.92. The maximum absolute atomic E-state index is 5.96. The van der Waals surface area contributed by atoms with E-state index in [9.17, 15) is 0 Å². The average Bonchev–Trinajstić information content (AvgIpc) is 2.85. The van der Waals surface area contributed by atoms with Crippen LogP contribution in [0.5, 0.6) is 5.75 Å². The standard InChI is InChI=1S/C17H25ClN2O/c1-4-5-6-8-13(2)20-14-9-7-10-15(21-3)17(14)19-16(20)11-12-18/h7,9-10,13H,4-6,8,11-12H2,1-3H3. The lowest BCUT2D eigenvalue weighted by molar-refractivity contribution is 0.419. The van der Waals surface area contributed by atoms with Gasteiger partial charge in [0.25, 0.3) is 0 Å². The summed E-state index contributed by atoms with van der Waals surface area (Å²) >= 11 is 5.96. The van der Waals surface area contributed by atoms with E-state index in [-0.39, 0.29) is 0 Å². The predicted molar refractivity (Wildman–Crippen MR) is 89.6 cm³/mol. The Balaban J connectivity index is 2.41. The van der Waals surface area contributed by atoms with Crippen molar-refractivity contribution in [1.82, 2.24) is 9.55 Å². The van der Waals surface area contributed by atoms with E-state index < -0.39 is 0 Å². The van der Waals surface area contributed by atoms with Gasteiger partial charge in [0.1, 0.15) is 17.1 Å². The van der Waals surface area contributed by atoms with Gasteiger partial charge in [-0.3, -0.25) is 0 Å². The van der Waals surface area contributed by atoms with Gasteiger partial charge in [0.2, 0.25) is 0 Å². The highest BCUT2D eigenvalue weighted by molar-refractivity contribution is 6.17. The lowest BCUT2D eigenvalue weighted by Crippen LogP contribution is -2.10. The maximum atomic E-state index is 5.96. The van der Waals surface area contributed by atoms with Gasteiger partial charge in [0.05, 0.1) is 12.6 Å². The fourth-order valence-corrected chi connectivity index (χ4v) is 3.04. The van der Waals surface area contributed by atoms with Crippen LogP contribution in [0.1, 0.15) is 51.4 Å². The Hall–Kier alpha value is -1.22. The first-order chi connectivity index (χ1) is 10.2. The summed E-state index contributed by atoms with van der Waals surface area (Å²) in [6, 6.07) is 6.56. The number of methoxy groups -OCH3 is 1. The number of ether oxygens (including phenoxy) is 1. The fourth-order valence-electron chi connectivity index (χ4n) is 2.88. The first-order valence-corrected chi connectivity index (χ1v) is 8.36. The van der Waals surface area contributed by atoms with Gasteiger partial charge in [-0.25, -0.2) is 4.98 Å². The molecule has 116 valence electrons. The van der Waals surface area contributed by atoms with Crippen molar-refractivity contribution in [2.45, 2.75) is 52.0 Å². The molecule has 0 bridgehead atoms. The molecular formula is C17H25ClN2O. The van der Waals surface area contributed by atoms with Crippen LogP contribution < -0.4 is 4.74 Å². The number of hydrogen-bond donors (Lipinski definition) is 0. The van der Waals surface area contributed by atoms with E-state index in [0.717, 1.165) is 29.0 Å². The largest absolute Gasteiger partial charge is 0.494 e. The van der Waals surface area contributed by atoms with Crippen molar-refractivity contribution in [2.24, 2.45) is 0 Å². The number of rotatable bonds is 8. The second-order valence-electron chi connectivity index (χ2n) is 5.51. The fraction of sp³-hybridized carbons (Fsp3) is 0.588. The second-order valence-corrected chi connectivity index (χ2v) is 5.89. The molecule has 0 spiro atoms. The van der Waals surface area contributed by atoms with Gasteiger partial charge in [-0.2, -0.15) is 0 Å². The van der Waals surface area contributed by atoms with Crippen LogP contribution in [-0.4, -0.2) is 22.5 Å². The van der Waals surface area contributed by atoms with Gasteiger partial charge < -0.3 is 9.30 Å². The number of nitrogens with zero attached hydrogens (tertiary/aromatic N) is 2. The number of unbranched alkanes of at least 4 members (excludes halogenated alkanes) is 2. The highest BCUT2D eigenvalue weighted by atomic mass is 35.5. The van der Waals surface area contributed by atoms with Gasteiger partial charge in [0, 0.05) is 18.3 Å². The van der Waals surface area contributed by atoms with Crippen LogP contribution in [0.2, 0.25) is 0 Å². The Morgan fingerprint density at radius 1 is 1.33 bits per heavy atom. The zero-order valence-corrected chi connectivity index (χ0v) is 14.0. The van der Waals surface area contributed by atoms with E-state index in [1.807, 2.05) is 12.1 Å². The van der Waals surface area contributed by atoms with Crippen molar-refractivity contribution in [3.05, 3.63) is 24.0 Å². The number of halogens is 1. The summed E-state index contributed by atoms with van der Waals surface area (Å²) in [5.41, 5.74) is 2.10. The predicted octanol–water partition coefficient (Wildman–Crippen LogP) is 4.97. The summed E-state index contributed by atoms with van der Waals surface area (Å²) in [5, 5.41) is 0. The summed E-state index contributed by atoms with van der Waals surface area (Å²) < 4.78 is 7.79. The first kappa shape index (κ1) is 16.2. The maximum Gasteiger partial charge on any atom is 0.146 e. The van der Waals surface area contributed by atoms with Gasteiger partial charge in [-0.15, -0.1) is 11.6 Å². The molecule has 1 heterocycles. The lowest BCUT2D eigenvalue weighted by atomic mass is 10.1. The van der Waals surface area contributed by atoms with Crippen molar-refractivity contribution in [2.75, 3.05) is 13.0 Å². The molecule has 0 amide bonds. The minimum atomic E-state index is 0.437. The number of aryl methyl sites for hydroxylation is 1. The van der Waals surface area contributed by atoms with Gasteiger partial charge in [-0.05, 0) is 25.5 Å². The zero-order chi connectivity index (χ0) is 15.2. The van der Waals surface area contributed by atoms with Crippen LogP contribution in [0, 0.1) is 0 Å². The quantitative estimate of drug-likeness (QED) is 0.508. The summed E-state index contributed by atoms with van der Waals surface area (Å²) in [4.78, 5) is 4.78. The van der Waals surface area contributed by atoms with Crippen molar-refractivity contribution in [3.63, 3.8) is 0 Å². The summed E-state index contributed by atoms with van der Waals surface area (Å²) in [6.07, 6.45) is 5.75. The molecule has 2 aromatic rings. The number of alkyl halides is 1. The summed E-state index contributed by atoms with van der Waals surface area (Å²) in [7, 11) is 1.69. The van der Waals surface area contributed by atoms with E-state index in [1.54, 1.807) is 7.11 Å². The molecule has 21 heavy (non-hydrogen) atoms. The normalized spacial score (nSPS) is 12.8. The molecule has 0 aliphatic carbocycles. The molecule has 0 saturated carbocycles. The molecule has 0 radical (unpaired) electrons. The molecule has 1 atom stereocenters. The third-order valence-electron chi connectivity index (χ3n) is 3.96. The molecule has 2 rings (SSSR count). The SMILES string of the molecule is CCCCCC(C)n1c(CCCl)nc2c(OC)cccc21. The third-order valence-corrected chi connectivity index (χ3v) is 4.15. The first-order valence-electron chi connectivity index (χ1n) is 7.82. The molecule has 0 aliphatic rings. The van der Waals surface area contributed by atoms with Gasteiger partial charge >= 0.3 is 0 Å². The molecular weight excluding hydrogens is 284 g/mol.